The predicted octanol–water partition coefficient (Wildman–Crippen LogP) is 3.56. The summed E-state index contributed by atoms with van der Waals surface area (Å²) in [5.41, 5.74) is 8.11. The molecule has 0 aliphatic rings. The smallest absolute Gasteiger partial charge is 0.0732 e. The van der Waals surface area contributed by atoms with E-state index in [4.69, 9.17) is 22.1 Å². The fourth-order valence-electron chi connectivity index (χ4n) is 1.71. The van der Waals surface area contributed by atoms with E-state index in [1.165, 1.54) is 0 Å². The molecule has 0 spiro atoms. The SMILES string of the molecule is NC(COCc1ccccc1Cl)c1ccccc1. The van der Waals surface area contributed by atoms with Crippen LogP contribution in [0.5, 0.6) is 0 Å². The molecule has 1 atom stereocenters. The molecule has 0 aliphatic carbocycles. The molecular formula is C15H16ClNO. The van der Waals surface area contributed by atoms with Gasteiger partial charge in [-0.2, -0.15) is 0 Å². The van der Waals surface area contributed by atoms with Gasteiger partial charge in [-0.25, -0.2) is 0 Å². The van der Waals surface area contributed by atoms with Gasteiger partial charge in [0.15, 0.2) is 0 Å². The minimum Gasteiger partial charge on any atom is -0.375 e. The molecule has 2 N–H and O–H groups in total. The Bertz CT molecular complexity index is 487. The molecule has 0 radical (unpaired) electrons. The average Bonchev–Trinajstić information content (AvgIpc) is 2.42. The van der Waals surface area contributed by atoms with E-state index in [2.05, 4.69) is 0 Å². The molecule has 3 heteroatoms. The average molecular weight is 262 g/mol. The van der Waals surface area contributed by atoms with Crippen molar-refractivity contribution in [2.75, 3.05) is 6.61 Å². The zero-order valence-corrected chi connectivity index (χ0v) is 10.8. The molecule has 94 valence electrons. The molecule has 2 nitrogen and oxygen atoms in total. The first-order valence-electron chi connectivity index (χ1n) is 5.89. The van der Waals surface area contributed by atoms with Crippen molar-refractivity contribution in [2.24, 2.45) is 5.73 Å². The molecule has 0 aliphatic heterocycles. The van der Waals surface area contributed by atoms with E-state index in [1.54, 1.807) is 0 Å². The van der Waals surface area contributed by atoms with Gasteiger partial charge in [0.25, 0.3) is 0 Å². The summed E-state index contributed by atoms with van der Waals surface area (Å²) in [6, 6.07) is 17.5. The van der Waals surface area contributed by atoms with Crippen LogP contribution in [0, 0.1) is 0 Å². The summed E-state index contributed by atoms with van der Waals surface area (Å²) in [6.07, 6.45) is 0. The molecule has 2 aromatic carbocycles. The van der Waals surface area contributed by atoms with E-state index in [0.717, 1.165) is 16.1 Å². The molecule has 18 heavy (non-hydrogen) atoms. The monoisotopic (exact) mass is 261 g/mol. The summed E-state index contributed by atoms with van der Waals surface area (Å²) in [7, 11) is 0. The Hall–Kier alpha value is -1.35. The molecule has 0 bridgehead atoms. The maximum Gasteiger partial charge on any atom is 0.0732 e. The highest BCUT2D eigenvalue weighted by molar-refractivity contribution is 6.31. The van der Waals surface area contributed by atoms with E-state index in [-0.39, 0.29) is 6.04 Å². The van der Waals surface area contributed by atoms with Gasteiger partial charge in [-0.1, -0.05) is 60.1 Å². The first-order valence-corrected chi connectivity index (χ1v) is 6.27. The minimum absolute atomic E-state index is 0.103. The van der Waals surface area contributed by atoms with Crippen molar-refractivity contribution in [1.82, 2.24) is 0 Å². The predicted molar refractivity (Wildman–Crippen MR) is 74.5 cm³/mol. The van der Waals surface area contributed by atoms with E-state index >= 15 is 0 Å². The summed E-state index contributed by atoms with van der Waals surface area (Å²) in [4.78, 5) is 0. The van der Waals surface area contributed by atoms with Gasteiger partial charge in [-0.15, -0.1) is 0 Å². The third kappa shape index (κ3) is 3.57. The Morgan fingerprint density at radius 3 is 2.39 bits per heavy atom. The quantitative estimate of drug-likeness (QED) is 0.893. The third-order valence-corrected chi connectivity index (χ3v) is 3.11. The Kier molecular flexibility index (Phi) is 4.76. The number of rotatable bonds is 5. The van der Waals surface area contributed by atoms with Gasteiger partial charge in [0.2, 0.25) is 0 Å². The standard InChI is InChI=1S/C15H16ClNO/c16-14-9-5-4-8-13(14)10-18-11-15(17)12-6-2-1-3-7-12/h1-9,15H,10-11,17H2. The molecule has 0 amide bonds. The van der Waals surface area contributed by atoms with Crippen LogP contribution in [-0.4, -0.2) is 6.61 Å². The number of benzene rings is 2. The third-order valence-electron chi connectivity index (χ3n) is 2.74. The number of hydrogen-bond acceptors (Lipinski definition) is 2. The van der Waals surface area contributed by atoms with Crippen molar-refractivity contribution >= 4 is 11.6 Å². The van der Waals surface area contributed by atoms with Gasteiger partial charge < -0.3 is 10.5 Å². The Morgan fingerprint density at radius 1 is 1.00 bits per heavy atom. The van der Waals surface area contributed by atoms with E-state index in [9.17, 15) is 0 Å². The van der Waals surface area contributed by atoms with Crippen LogP contribution in [0.15, 0.2) is 54.6 Å². The van der Waals surface area contributed by atoms with Gasteiger partial charge in [0.1, 0.15) is 0 Å². The molecule has 0 saturated carbocycles. The van der Waals surface area contributed by atoms with Crippen molar-refractivity contribution in [3.05, 3.63) is 70.7 Å². The number of hydrogen-bond donors (Lipinski definition) is 1. The highest BCUT2D eigenvalue weighted by atomic mass is 35.5. The highest BCUT2D eigenvalue weighted by Crippen LogP contribution is 2.17. The molecular weight excluding hydrogens is 246 g/mol. The van der Waals surface area contributed by atoms with Gasteiger partial charge in [-0.3, -0.25) is 0 Å². The van der Waals surface area contributed by atoms with Gasteiger partial charge >= 0.3 is 0 Å². The summed E-state index contributed by atoms with van der Waals surface area (Å²) in [5.74, 6) is 0. The molecule has 1 unspecified atom stereocenters. The van der Waals surface area contributed by atoms with Crippen LogP contribution in [0.3, 0.4) is 0 Å². The molecule has 0 fully saturated rings. The zero-order valence-electron chi connectivity index (χ0n) is 10.1. The molecule has 2 aromatic rings. The molecule has 0 aromatic heterocycles. The topological polar surface area (TPSA) is 35.2 Å². The van der Waals surface area contributed by atoms with Crippen molar-refractivity contribution in [1.29, 1.82) is 0 Å². The highest BCUT2D eigenvalue weighted by Gasteiger charge is 2.06. The summed E-state index contributed by atoms with van der Waals surface area (Å²) in [5, 5.41) is 0.728. The van der Waals surface area contributed by atoms with Crippen LogP contribution in [0.4, 0.5) is 0 Å². The number of nitrogens with two attached hydrogens (primary N) is 1. The number of halogens is 1. The Balaban J connectivity index is 1.84. The number of ether oxygens (including phenoxy) is 1. The van der Waals surface area contributed by atoms with Gasteiger partial charge in [0.05, 0.1) is 19.3 Å². The van der Waals surface area contributed by atoms with Crippen molar-refractivity contribution in [3.63, 3.8) is 0 Å². The van der Waals surface area contributed by atoms with E-state index in [0.29, 0.717) is 13.2 Å². The lowest BCUT2D eigenvalue weighted by molar-refractivity contribution is 0.108. The van der Waals surface area contributed by atoms with Gasteiger partial charge in [-0.05, 0) is 17.2 Å². The minimum atomic E-state index is -0.103. The van der Waals surface area contributed by atoms with Crippen LogP contribution in [-0.2, 0) is 11.3 Å². The van der Waals surface area contributed by atoms with Crippen molar-refractivity contribution in [3.8, 4) is 0 Å². The molecule has 2 rings (SSSR count). The van der Waals surface area contributed by atoms with E-state index in [1.807, 2.05) is 54.6 Å². The van der Waals surface area contributed by atoms with Crippen LogP contribution < -0.4 is 5.73 Å². The maximum atomic E-state index is 6.05. The lowest BCUT2D eigenvalue weighted by atomic mass is 10.1. The fraction of sp³-hybridized carbons (Fsp3) is 0.200. The fourth-order valence-corrected chi connectivity index (χ4v) is 1.90. The second-order valence-electron chi connectivity index (χ2n) is 4.12. The van der Waals surface area contributed by atoms with Crippen LogP contribution in [0.1, 0.15) is 17.2 Å². The zero-order chi connectivity index (χ0) is 12.8. The first-order chi connectivity index (χ1) is 8.77. The lowest BCUT2D eigenvalue weighted by Crippen LogP contribution is -2.16. The summed E-state index contributed by atoms with van der Waals surface area (Å²) < 4.78 is 5.61. The molecule has 0 saturated heterocycles. The summed E-state index contributed by atoms with van der Waals surface area (Å²) >= 11 is 6.05. The normalized spacial score (nSPS) is 12.3. The van der Waals surface area contributed by atoms with Crippen molar-refractivity contribution < 1.29 is 4.74 Å². The summed E-state index contributed by atoms with van der Waals surface area (Å²) in [6.45, 7) is 0.968. The molecule has 0 heterocycles. The Labute approximate surface area is 112 Å². The lowest BCUT2D eigenvalue weighted by Gasteiger charge is -2.13. The second-order valence-corrected chi connectivity index (χ2v) is 4.53. The van der Waals surface area contributed by atoms with Crippen LogP contribution >= 0.6 is 11.6 Å². The van der Waals surface area contributed by atoms with Gasteiger partial charge in [0, 0.05) is 5.02 Å². The second kappa shape index (κ2) is 6.55. The van der Waals surface area contributed by atoms with E-state index < -0.39 is 0 Å². The first kappa shape index (κ1) is 13.1. The maximum absolute atomic E-state index is 6.05. The largest absolute Gasteiger partial charge is 0.375 e. The van der Waals surface area contributed by atoms with Crippen molar-refractivity contribution in [2.45, 2.75) is 12.6 Å². The van der Waals surface area contributed by atoms with Crippen LogP contribution in [0.25, 0.3) is 0 Å². The van der Waals surface area contributed by atoms with Crippen LogP contribution in [0.2, 0.25) is 5.02 Å². The Morgan fingerprint density at radius 2 is 1.67 bits per heavy atom.